The SMILES string of the molecule is Cc1ccc(C(=O)O)cc1C(=O)O.O=C(O)c1ccc2ncc3c(c2c1)N(CCc1ccccc1)CC3. The van der Waals surface area contributed by atoms with Crippen LogP contribution in [0.3, 0.4) is 0 Å². The normalized spacial score (nSPS) is 12.0. The van der Waals surface area contributed by atoms with Crippen molar-refractivity contribution < 1.29 is 29.7 Å². The van der Waals surface area contributed by atoms with Gasteiger partial charge in [-0.15, -0.1) is 0 Å². The Morgan fingerprint density at radius 3 is 2.22 bits per heavy atom. The zero-order valence-electron chi connectivity index (χ0n) is 20.2. The average molecular weight is 499 g/mol. The van der Waals surface area contributed by atoms with Gasteiger partial charge in [0.15, 0.2) is 0 Å². The maximum Gasteiger partial charge on any atom is 0.335 e. The molecule has 0 bridgehead atoms. The minimum Gasteiger partial charge on any atom is -0.478 e. The van der Waals surface area contributed by atoms with Crippen LogP contribution in [0.5, 0.6) is 0 Å². The predicted molar refractivity (Wildman–Crippen MR) is 140 cm³/mol. The average Bonchev–Trinajstić information content (AvgIpc) is 3.31. The molecule has 1 aliphatic heterocycles. The smallest absolute Gasteiger partial charge is 0.335 e. The molecular formula is C29H26N2O6. The van der Waals surface area contributed by atoms with Crippen molar-refractivity contribution in [2.24, 2.45) is 0 Å². The van der Waals surface area contributed by atoms with Crippen molar-refractivity contribution in [1.82, 2.24) is 4.98 Å². The second-order valence-electron chi connectivity index (χ2n) is 8.78. The van der Waals surface area contributed by atoms with Crippen LogP contribution < -0.4 is 4.90 Å². The molecule has 0 aliphatic carbocycles. The van der Waals surface area contributed by atoms with Gasteiger partial charge in [0.2, 0.25) is 0 Å². The Kier molecular flexibility index (Phi) is 7.48. The van der Waals surface area contributed by atoms with E-state index in [-0.39, 0.29) is 11.1 Å². The van der Waals surface area contributed by atoms with Crippen molar-refractivity contribution in [2.45, 2.75) is 19.8 Å². The molecule has 0 radical (unpaired) electrons. The first-order valence-electron chi connectivity index (χ1n) is 11.8. The van der Waals surface area contributed by atoms with Crippen molar-refractivity contribution in [3.05, 3.63) is 106 Å². The first-order chi connectivity index (χ1) is 17.7. The van der Waals surface area contributed by atoms with Crippen LogP contribution in [-0.4, -0.2) is 51.3 Å². The molecule has 2 heterocycles. The van der Waals surface area contributed by atoms with Gasteiger partial charge in [0.05, 0.1) is 27.9 Å². The number of benzene rings is 3. The van der Waals surface area contributed by atoms with E-state index < -0.39 is 17.9 Å². The highest BCUT2D eigenvalue weighted by atomic mass is 16.4. The first kappa shape index (κ1) is 25.4. The molecule has 8 heteroatoms. The number of anilines is 1. The van der Waals surface area contributed by atoms with Crippen molar-refractivity contribution >= 4 is 34.5 Å². The lowest BCUT2D eigenvalue weighted by Crippen LogP contribution is -2.23. The number of nitrogens with zero attached hydrogens (tertiary/aromatic N) is 2. The summed E-state index contributed by atoms with van der Waals surface area (Å²) in [5.74, 6) is -3.13. The third-order valence-electron chi connectivity index (χ3n) is 6.36. The zero-order chi connectivity index (χ0) is 26.5. The molecule has 4 aromatic rings. The summed E-state index contributed by atoms with van der Waals surface area (Å²) in [6.45, 7) is 3.50. The molecule has 8 nitrogen and oxygen atoms in total. The zero-order valence-corrected chi connectivity index (χ0v) is 20.2. The van der Waals surface area contributed by atoms with Gasteiger partial charge in [0.1, 0.15) is 0 Å². The number of aromatic nitrogens is 1. The highest BCUT2D eigenvalue weighted by molar-refractivity contribution is 6.00. The summed E-state index contributed by atoms with van der Waals surface area (Å²) in [7, 11) is 0. The fourth-order valence-corrected chi connectivity index (χ4v) is 4.39. The molecule has 0 amide bonds. The number of carbonyl (C=O) groups is 3. The van der Waals surface area contributed by atoms with E-state index in [1.54, 1.807) is 25.1 Å². The summed E-state index contributed by atoms with van der Waals surface area (Å²) < 4.78 is 0. The highest BCUT2D eigenvalue weighted by Crippen LogP contribution is 2.35. The summed E-state index contributed by atoms with van der Waals surface area (Å²) in [5, 5.41) is 27.5. The van der Waals surface area contributed by atoms with E-state index >= 15 is 0 Å². The summed E-state index contributed by atoms with van der Waals surface area (Å²) in [6, 6.07) is 19.6. The topological polar surface area (TPSA) is 128 Å². The summed E-state index contributed by atoms with van der Waals surface area (Å²) >= 11 is 0. The molecule has 1 aliphatic rings. The lowest BCUT2D eigenvalue weighted by atomic mass is 10.1. The number of carboxylic acids is 3. The molecule has 3 N–H and O–H groups in total. The third-order valence-corrected chi connectivity index (χ3v) is 6.36. The lowest BCUT2D eigenvalue weighted by Gasteiger charge is -2.21. The van der Waals surface area contributed by atoms with Crippen LogP contribution in [0.15, 0.2) is 72.9 Å². The second kappa shape index (κ2) is 10.9. The molecule has 0 unspecified atom stereocenters. The van der Waals surface area contributed by atoms with E-state index in [0.29, 0.717) is 11.1 Å². The minimum absolute atomic E-state index is 0.0111. The maximum absolute atomic E-state index is 11.3. The first-order valence-corrected chi connectivity index (χ1v) is 11.8. The van der Waals surface area contributed by atoms with Crippen LogP contribution in [0.25, 0.3) is 10.9 Å². The van der Waals surface area contributed by atoms with Crippen LogP contribution in [0.1, 0.15) is 47.8 Å². The van der Waals surface area contributed by atoms with Crippen LogP contribution in [0.2, 0.25) is 0 Å². The van der Waals surface area contributed by atoms with Gasteiger partial charge in [-0.3, -0.25) is 4.98 Å². The number of hydrogen-bond acceptors (Lipinski definition) is 5. The highest BCUT2D eigenvalue weighted by Gasteiger charge is 2.22. The Morgan fingerprint density at radius 2 is 1.54 bits per heavy atom. The summed E-state index contributed by atoms with van der Waals surface area (Å²) in [6.07, 6.45) is 3.87. The Balaban J connectivity index is 0.000000209. The third kappa shape index (κ3) is 5.75. The fraction of sp³-hybridized carbons (Fsp3) is 0.172. The van der Waals surface area contributed by atoms with E-state index in [0.717, 1.165) is 48.6 Å². The van der Waals surface area contributed by atoms with Gasteiger partial charge < -0.3 is 20.2 Å². The Labute approximate surface area is 213 Å². The number of carboxylic acid groups (broad SMARTS) is 3. The van der Waals surface area contributed by atoms with Gasteiger partial charge in [-0.05, 0) is 66.8 Å². The van der Waals surface area contributed by atoms with E-state index in [2.05, 4.69) is 34.1 Å². The molecular weight excluding hydrogens is 472 g/mol. The van der Waals surface area contributed by atoms with Gasteiger partial charge in [-0.1, -0.05) is 36.4 Å². The number of rotatable bonds is 6. The summed E-state index contributed by atoms with van der Waals surface area (Å²) in [4.78, 5) is 39.2. The Hall–Kier alpha value is -4.72. The summed E-state index contributed by atoms with van der Waals surface area (Å²) in [5.41, 5.74) is 5.41. The lowest BCUT2D eigenvalue weighted by molar-refractivity contribution is 0.0682. The quantitative estimate of drug-likeness (QED) is 0.341. The molecule has 1 aromatic heterocycles. The van der Waals surface area contributed by atoms with Crippen LogP contribution >= 0.6 is 0 Å². The van der Waals surface area contributed by atoms with Crippen molar-refractivity contribution in [3.63, 3.8) is 0 Å². The fourth-order valence-electron chi connectivity index (χ4n) is 4.39. The Morgan fingerprint density at radius 1 is 0.865 bits per heavy atom. The van der Waals surface area contributed by atoms with Gasteiger partial charge in [-0.25, -0.2) is 14.4 Å². The van der Waals surface area contributed by atoms with Crippen LogP contribution in [-0.2, 0) is 12.8 Å². The van der Waals surface area contributed by atoms with Crippen molar-refractivity contribution in [1.29, 1.82) is 0 Å². The van der Waals surface area contributed by atoms with E-state index in [1.165, 1.54) is 23.3 Å². The Bertz CT molecular complexity index is 1480. The molecule has 0 saturated carbocycles. The number of aromatic carboxylic acids is 3. The second-order valence-corrected chi connectivity index (χ2v) is 8.78. The van der Waals surface area contributed by atoms with E-state index in [4.69, 9.17) is 10.2 Å². The molecule has 37 heavy (non-hydrogen) atoms. The van der Waals surface area contributed by atoms with Gasteiger partial charge in [-0.2, -0.15) is 0 Å². The van der Waals surface area contributed by atoms with Gasteiger partial charge in [0.25, 0.3) is 0 Å². The van der Waals surface area contributed by atoms with Crippen molar-refractivity contribution in [3.8, 4) is 0 Å². The molecule has 0 spiro atoms. The molecule has 3 aromatic carbocycles. The molecule has 5 rings (SSSR count). The number of hydrogen-bond donors (Lipinski definition) is 3. The number of pyridine rings is 1. The number of aryl methyl sites for hydroxylation is 1. The standard InChI is InChI=1S/C20H18N2O2.C9H8O4/c23-20(24)15-6-7-18-17(12-15)19-16(13-21-18)9-11-22(19)10-8-14-4-2-1-3-5-14;1-5-2-3-6(8(10)11)4-7(5)9(12)13/h1-7,12-13H,8-11H2,(H,23,24);2-4H,1H3,(H,10,11)(H,12,13). The van der Waals surface area contributed by atoms with E-state index in [9.17, 15) is 19.5 Å². The van der Waals surface area contributed by atoms with E-state index in [1.807, 2.05) is 12.3 Å². The predicted octanol–water partition coefficient (Wildman–Crippen LogP) is 4.93. The monoisotopic (exact) mass is 498 g/mol. The molecule has 0 fully saturated rings. The minimum atomic E-state index is -1.12. The van der Waals surface area contributed by atoms with Crippen LogP contribution in [0, 0.1) is 6.92 Å². The van der Waals surface area contributed by atoms with Crippen LogP contribution in [0.4, 0.5) is 5.69 Å². The molecule has 0 saturated heterocycles. The van der Waals surface area contributed by atoms with Gasteiger partial charge in [0, 0.05) is 24.7 Å². The largest absolute Gasteiger partial charge is 0.478 e. The maximum atomic E-state index is 11.3. The van der Waals surface area contributed by atoms with Gasteiger partial charge >= 0.3 is 17.9 Å². The molecule has 0 atom stereocenters. The van der Waals surface area contributed by atoms with Crippen molar-refractivity contribution in [2.75, 3.05) is 18.0 Å². The molecule has 188 valence electrons. The number of fused-ring (bicyclic) bond motifs is 3.